The second-order valence-electron chi connectivity index (χ2n) is 1.49. The van der Waals surface area contributed by atoms with Crippen LogP contribution in [0, 0.1) is 0 Å². The molecule has 0 saturated heterocycles. The lowest BCUT2D eigenvalue weighted by atomic mass is 10.5. The average molecular weight is 212 g/mol. The van der Waals surface area contributed by atoms with E-state index in [2.05, 4.69) is 4.74 Å². The molecule has 0 saturated carbocycles. The number of alkyl halides is 4. The van der Waals surface area contributed by atoms with Crippen molar-refractivity contribution in [2.24, 2.45) is 0 Å². The highest BCUT2D eigenvalue weighted by molar-refractivity contribution is 6.59. The summed E-state index contributed by atoms with van der Waals surface area (Å²) in [7, 11) is 1.47. The predicted molar refractivity (Wildman–Crippen MR) is 41.8 cm³/mol. The Labute approximate surface area is 74.2 Å². The van der Waals surface area contributed by atoms with Gasteiger partial charge in [0.2, 0.25) is 0 Å². The smallest absolute Gasteiger partial charge is 0.171 e. The summed E-state index contributed by atoms with van der Waals surface area (Å²) in [6.45, 7) is 0.119. The summed E-state index contributed by atoms with van der Waals surface area (Å²) in [5, 5.41) is 0. The van der Waals surface area contributed by atoms with E-state index in [9.17, 15) is 0 Å². The van der Waals surface area contributed by atoms with E-state index in [0.717, 1.165) is 0 Å². The van der Waals surface area contributed by atoms with Gasteiger partial charge in [-0.2, -0.15) is 0 Å². The van der Waals surface area contributed by atoms with Gasteiger partial charge in [0.05, 0.1) is 6.61 Å². The maximum Gasteiger partial charge on any atom is 0.171 e. The number of hydrogen-bond donors (Lipinski definition) is 0. The molecule has 0 aromatic carbocycles. The van der Waals surface area contributed by atoms with Crippen molar-refractivity contribution >= 4 is 46.4 Å². The zero-order valence-corrected chi connectivity index (χ0v) is 7.73. The molecular formula is C4H6Cl4O. The van der Waals surface area contributed by atoms with Crippen molar-refractivity contribution in [1.29, 1.82) is 0 Å². The van der Waals surface area contributed by atoms with Gasteiger partial charge < -0.3 is 4.74 Å². The summed E-state index contributed by atoms with van der Waals surface area (Å²) in [5.41, 5.74) is 0. The molecule has 0 amide bonds. The van der Waals surface area contributed by atoms with Gasteiger partial charge in [-0.25, -0.2) is 0 Å². The molecule has 0 fully saturated rings. The number of methoxy groups -OCH3 is 1. The van der Waals surface area contributed by atoms with E-state index in [1.807, 2.05) is 0 Å². The molecule has 0 atom stereocenters. The molecule has 0 rings (SSSR count). The van der Waals surface area contributed by atoms with Gasteiger partial charge in [0.15, 0.2) is 4.33 Å². The molecule has 0 heterocycles. The van der Waals surface area contributed by atoms with E-state index >= 15 is 0 Å². The van der Waals surface area contributed by atoms with Crippen molar-refractivity contribution < 1.29 is 4.74 Å². The second-order valence-corrected chi connectivity index (χ2v) is 4.13. The minimum absolute atomic E-state index is 0.119. The van der Waals surface area contributed by atoms with Crippen molar-refractivity contribution in [3.8, 4) is 0 Å². The Kier molecular flexibility index (Phi) is 4.60. The van der Waals surface area contributed by atoms with E-state index in [1.54, 1.807) is 0 Å². The minimum Gasteiger partial charge on any atom is -0.381 e. The normalized spacial score (nSPS) is 12.7. The molecule has 1 nitrogen and oxygen atoms in total. The van der Waals surface area contributed by atoms with Crippen LogP contribution >= 0.6 is 46.4 Å². The molecule has 0 aromatic heterocycles. The molecule has 0 aliphatic heterocycles. The molecule has 56 valence electrons. The van der Waals surface area contributed by atoms with E-state index in [-0.39, 0.29) is 6.61 Å². The fourth-order valence-corrected chi connectivity index (χ4v) is 0.600. The van der Waals surface area contributed by atoms with Crippen LogP contribution in [0.3, 0.4) is 0 Å². The molecule has 0 aliphatic carbocycles. The lowest BCUT2D eigenvalue weighted by molar-refractivity contribution is 0.191. The molecular weight excluding hydrogens is 206 g/mol. The summed E-state index contributed by atoms with van der Waals surface area (Å²) in [6, 6.07) is 0. The Balaban J connectivity index is 3.70. The fourth-order valence-electron chi connectivity index (χ4n) is 0.255. The fraction of sp³-hybridized carbons (Fsp3) is 1.00. The molecule has 0 N–H and O–H groups in total. The Bertz CT molecular complexity index is 82.6. The van der Waals surface area contributed by atoms with Crippen LogP contribution in [0.4, 0.5) is 0 Å². The van der Waals surface area contributed by atoms with Crippen LogP contribution in [-0.4, -0.2) is 22.9 Å². The number of halogens is 4. The highest BCUT2D eigenvalue weighted by Gasteiger charge is 2.31. The van der Waals surface area contributed by atoms with Gasteiger partial charge in [0.25, 0.3) is 0 Å². The molecule has 0 unspecified atom stereocenters. The maximum atomic E-state index is 5.55. The van der Waals surface area contributed by atoms with E-state index in [0.29, 0.717) is 0 Å². The first kappa shape index (κ1) is 10.1. The molecule has 0 aromatic rings. The van der Waals surface area contributed by atoms with E-state index < -0.39 is 9.17 Å². The summed E-state index contributed by atoms with van der Waals surface area (Å²) in [6.07, 6.45) is 0. The van der Waals surface area contributed by atoms with Gasteiger partial charge in [0.1, 0.15) is 4.84 Å². The first-order valence-corrected chi connectivity index (χ1v) is 3.78. The lowest BCUT2D eigenvalue weighted by Gasteiger charge is -2.18. The average Bonchev–Trinajstić information content (AvgIpc) is 1.65. The van der Waals surface area contributed by atoms with Crippen LogP contribution < -0.4 is 0 Å². The van der Waals surface area contributed by atoms with Gasteiger partial charge in [-0.15, -0.1) is 23.2 Å². The van der Waals surface area contributed by atoms with Crippen LogP contribution in [0.2, 0.25) is 0 Å². The zero-order chi connectivity index (χ0) is 7.49. The quantitative estimate of drug-likeness (QED) is 0.653. The third-order valence-electron chi connectivity index (χ3n) is 0.656. The SMILES string of the molecule is COCC(Cl)(Cl)C(Cl)Cl. The second kappa shape index (κ2) is 4.09. The van der Waals surface area contributed by atoms with Gasteiger partial charge in [-0.3, -0.25) is 0 Å². The number of rotatable bonds is 3. The number of hydrogen-bond acceptors (Lipinski definition) is 1. The molecule has 9 heavy (non-hydrogen) atoms. The monoisotopic (exact) mass is 210 g/mol. The summed E-state index contributed by atoms with van der Waals surface area (Å²) in [4.78, 5) is -0.833. The van der Waals surface area contributed by atoms with Crippen molar-refractivity contribution in [2.75, 3.05) is 13.7 Å². The van der Waals surface area contributed by atoms with Crippen LogP contribution in [-0.2, 0) is 4.74 Å². The summed E-state index contributed by atoms with van der Waals surface area (Å²) >= 11 is 21.8. The van der Waals surface area contributed by atoms with Crippen LogP contribution in [0.25, 0.3) is 0 Å². The topological polar surface area (TPSA) is 9.23 Å². The Morgan fingerprint density at radius 2 is 1.89 bits per heavy atom. The van der Waals surface area contributed by atoms with Gasteiger partial charge >= 0.3 is 0 Å². The highest BCUT2D eigenvalue weighted by atomic mass is 35.5. The zero-order valence-electron chi connectivity index (χ0n) is 4.70. The first-order valence-electron chi connectivity index (χ1n) is 2.15. The van der Waals surface area contributed by atoms with E-state index in [1.165, 1.54) is 7.11 Å². The largest absolute Gasteiger partial charge is 0.381 e. The molecule has 0 aliphatic rings. The lowest BCUT2D eigenvalue weighted by Crippen LogP contribution is -2.27. The summed E-state index contributed by atoms with van der Waals surface area (Å²) < 4.78 is 3.44. The van der Waals surface area contributed by atoms with Gasteiger partial charge in [-0.1, -0.05) is 23.2 Å². The van der Waals surface area contributed by atoms with Crippen molar-refractivity contribution in [3.05, 3.63) is 0 Å². The minimum atomic E-state index is -1.20. The highest BCUT2D eigenvalue weighted by Crippen LogP contribution is 2.31. The standard InChI is InChI=1S/C4H6Cl4O/c1-9-2-4(7,8)3(5)6/h3H,2H2,1H3. The summed E-state index contributed by atoms with van der Waals surface area (Å²) in [5.74, 6) is 0. The molecule has 0 radical (unpaired) electrons. The maximum absolute atomic E-state index is 5.55. The van der Waals surface area contributed by atoms with Crippen molar-refractivity contribution in [2.45, 2.75) is 9.17 Å². The van der Waals surface area contributed by atoms with E-state index in [4.69, 9.17) is 46.4 Å². The Morgan fingerprint density at radius 1 is 1.44 bits per heavy atom. The third-order valence-corrected chi connectivity index (χ3v) is 2.50. The van der Waals surface area contributed by atoms with Gasteiger partial charge in [0, 0.05) is 7.11 Å². The van der Waals surface area contributed by atoms with Crippen LogP contribution in [0.15, 0.2) is 0 Å². The predicted octanol–water partition coefficient (Wildman–Crippen LogP) is 2.61. The van der Waals surface area contributed by atoms with Crippen molar-refractivity contribution in [3.63, 3.8) is 0 Å². The Hall–Kier alpha value is 1.12. The van der Waals surface area contributed by atoms with Gasteiger partial charge in [-0.05, 0) is 0 Å². The number of ether oxygens (including phenoxy) is 1. The van der Waals surface area contributed by atoms with Crippen LogP contribution in [0.1, 0.15) is 0 Å². The van der Waals surface area contributed by atoms with Crippen LogP contribution in [0.5, 0.6) is 0 Å². The third kappa shape index (κ3) is 3.74. The van der Waals surface area contributed by atoms with Crippen molar-refractivity contribution in [1.82, 2.24) is 0 Å². The molecule has 5 heteroatoms. The first-order chi connectivity index (χ1) is 4.00. The molecule has 0 bridgehead atoms. The Morgan fingerprint density at radius 3 is 2.00 bits per heavy atom. The molecule has 0 spiro atoms.